The van der Waals surface area contributed by atoms with Crippen LogP contribution in [0.2, 0.25) is 0 Å². The van der Waals surface area contributed by atoms with Gasteiger partial charge in [-0.15, -0.1) is 0 Å². The summed E-state index contributed by atoms with van der Waals surface area (Å²) in [6, 6.07) is 7.57. The van der Waals surface area contributed by atoms with Crippen LogP contribution < -0.4 is 10.3 Å². The second kappa shape index (κ2) is 9.62. The van der Waals surface area contributed by atoms with Crippen LogP contribution in [-0.2, 0) is 11.3 Å². The van der Waals surface area contributed by atoms with Crippen LogP contribution in [0, 0.1) is 0 Å². The minimum atomic E-state index is -1.13. The Bertz CT molecular complexity index is 1470. The number of benzene rings is 1. The number of imidazole rings is 1. The van der Waals surface area contributed by atoms with Gasteiger partial charge >= 0.3 is 5.97 Å². The molecule has 0 radical (unpaired) electrons. The number of H-pyrrole nitrogens is 1. The van der Waals surface area contributed by atoms with Crippen LogP contribution in [0.3, 0.4) is 0 Å². The summed E-state index contributed by atoms with van der Waals surface area (Å²) in [6.07, 6.45) is 3.98. The van der Waals surface area contributed by atoms with Gasteiger partial charge in [-0.3, -0.25) is 19.5 Å². The number of ether oxygens (including phenoxy) is 1. The zero-order chi connectivity index (χ0) is 25.2. The number of carboxylic acids is 1. The largest absolute Gasteiger partial charge is 0.492 e. The molecule has 0 bridgehead atoms. The van der Waals surface area contributed by atoms with Crippen molar-refractivity contribution in [2.45, 2.75) is 6.54 Å². The first-order chi connectivity index (χ1) is 17.4. The SMILES string of the molecule is CN1CCN(CCOc2ccc(Cn3cnc4c(=O)[nH]c(-n5cc(C(=O)O)cn5)nc43)cc2)CC1=O. The summed E-state index contributed by atoms with van der Waals surface area (Å²) in [5, 5.41) is 13.1. The highest BCUT2D eigenvalue weighted by Crippen LogP contribution is 2.16. The van der Waals surface area contributed by atoms with E-state index in [2.05, 4.69) is 25.0 Å². The highest BCUT2D eigenvalue weighted by atomic mass is 16.5. The molecule has 5 rings (SSSR count). The van der Waals surface area contributed by atoms with Gasteiger partial charge in [0.15, 0.2) is 11.2 Å². The monoisotopic (exact) mass is 492 g/mol. The summed E-state index contributed by atoms with van der Waals surface area (Å²) >= 11 is 0. The molecule has 4 heterocycles. The molecule has 0 saturated carbocycles. The fourth-order valence-electron chi connectivity index (χ4n) is 3.89. The lowest BCUT2D eigenvalue weighted by Gasteiger charge is -2.31. The number of piperazine rings is 1. The Morgan fingerprint density at radius 3 is 2.72 bits per heavy atom. The molecule has 1 saturated heterocycles. The van der Waals surface area contributed by atoms with Gasteiger partial charge in [-0.2, -0.15) is 10.1 Å². The van der Waals surface area contributed by atoms with Gasteiger partial charge in [-0.25, -0.2) is 14.5 Å². The van der Waals surface area contributed by atoms with Gasteiger partial charge < -0.3 is 19.3 Å². The van der Waals surface area contributed by atoms with Crippen LogP contribution in [-0.4, -0.2) is 95.9 Å². The van der Waals surface area contributed by atoms with E-state index in [1.807, 2.05) is 31.3 Å². The molecular formula is C23H24N8O5. The third kappa shape index (κ3) is 4.81. The number of nitrogens with zero attached hydrogens (tertiary/aromatic N) is 7. The van der Waals surface area contributed by atoms with Gasteiger partial charge in [0.2, 0.25) is 11.9 Å². The number of aromatic amines is 1. The van der Waals surface area contributed by atoms with E-state index < -0.39 is 11.5 Å². The van der Waals surface area contributed by atoms with Crippen LogP contribution in [0.5, 0.6) is 5.75 Å². The zero-order valence-corrected chi connectivity index (χ0v) is 19.5. The van der Waals surface area contributed by atoms with Crippen LogP contribution in [0.25, 0.3) is 17.1 Å². The Labute approximate surface area is 204 Å². The fourth-order valence-corrected chi connectivity index (χ4v) is 3.89. The lowest BCUT2D eigenvalue weighted by Crippen LogP contribution is -2.49. The molecule has 0 atom stereocenters. The first-order valence-electron chi connectivity index (χ1n) is 11.3. The molecule has 4 aromatic rings. The number of fused-ring (bicyclic) bond motifs is 1. The Balaban J connectivity index is 1.25. The molecule has 36 heavy (non-hydrogen) atoms. The van der Waals surface area contributed by atoms with Crippen molar-refractivity contribution in [1.82, 2.24) is 39.1 Å². The number of hydrogen-bond acceptors (Lipinski definition) is 8. The van der Waals surface area contributed by atoms with Crippen LogP contribution in [0.15, 0.2) is 47.8 Å². The minimum absolute atomic E-state index is 0.0226. The molecule has 1 fully saturated rings. The van der Waals surface area contributed by atoms with Gasteiger partial charge in [-0.05, 0) is 17.7 Å². The van der Waals surface area contributed by atoms with Crippen molar-refractivity contribution >= 4 is 23.0 Å². The van der Waals surface area contributed by atoms with Crippen molar-refractivity contribution in [3.8, 4) is 11.7 Å². The number of carbonyl (C=O) groups is 2. The number of carbonyl (C=O) groups excluding carboxylic acids is 1. The number of nitrogens with one attached hydrogen (secondary N) is 1. The van der Waals surface area contributed by atoms with Crippen molar-refractivity contribution in [2.75, 3.05) is 39.8 Å². The molecule has 0 aliphatic carbocycles. The number of carboxylic acid groups (broad SMARTS) is 1. The van der Waals surface area contributed by atoms with E-state index in [1.165, 1.54) is 23.4 Å². The van der Waals surface area contributed by atoms with E-state index in [1.54, 1.807) is 9.47 Å². The van der Waals surface area contributed by atoms with E-state index >= 15 is 0 Å². The smallest absolute Gasteiger partial charge is 0.338 e. The lowest BCUT2D eigenvalue weighted by atomic mass is 10.2. The normalized spacial score (nSPS) is 14.5. The molecule has 1 amide bonds. The molecular weight excluding hydrogens is 468 g/mol. The summed E-state index contributed by atoms with van der Waals surface area (Å²) in [5.74, 6) is -0.195. The second-order valence-electron chi connectivity index (χ2n) is 8.50. The number of amides is 1. The van der Waals surface area contributed by atoms with Crippen LogP contribution >= 0.6 is 0 Å². The predicted octanol–water partition coefficient (Wildman–Crippen LogP) is 0.205. The number of likely N-dealkylation sites (N-methyl/N-ethyl adjacent to an activating group) is 1. The second-order valence-corrected chi connectivity index (χ2v) is 8.50. The Hall–Kier alpha value is -4.52. The Morgan fingerprint density at radius 1 is 1.19 bits per heavy atom. The molecule has 2 N–H and O–H groups in total. The van der Waals surface area contributed by atoms with Gasteiger partial charge in [0, 0.05) is 32.9 Å². The molecule has 13 nitrogen and oxygen atoms in total. The first-order valence-corrected chi connectivity index (χ1v) is 11.3. The van der Waals surface area contributed by atoms with Crippen molar-refractivity contribution in [1.29, 1.82) is 0 Å². The highest BCUT2D eigenvalue weighted by Gasteiger charge is 2.20. The number of aromatic nitrogens is 6. The van der Waals surface area contributed by atoms with Crippen molar-refractivity contribution in [3.05, 3.63) is 64.5 Å². The zero-order valence-electron chi connectivity index (χ0n) is 19.5. The van der Waals surface area contributed by atoms with Crippen molar-refractivity contribution < 1.29 is 19.4 Å². The maximum atomic E-state index is 12.5. The number of hydrogen-bond donors (Lipinski definition) is 2. The van der Waals surface area contributed by atoms with Gasteiger partial charge in [0.05, 0.1) is 31.2 Å². The average molecular weight is 492 g/mol. The molecule has 3 aromatic heterocycles. The van der Waals surface area contributed by atoms with Crippen molar-refractivity contribution in [2.24, 2.45) is 0 Å². The summed E-state index contributed by atoms with van der Waals surface area (Å²) in [7, 11) is 1.81. The molecule has 1 aliphatic rings. The Kier molecular flexibility index (Phi) is 6.21. The van der Waals surface area contributed by atoms with Crippen LogP contribution in [0.1, 0.15) is 15.9 Å². The fraction of sp³-hybridized carbons (Fsp3) is 0.304. The molecule has 0 spiro atoms. The predicted molar refractivity (Wildman–Crippen MR) is 127 cm³/mol. The third-order valence-electron chi connectivity index (χ3n) is 6.00. The summed E-state index contributed by atoms with van der Waals surface area (Å²) in [6.45, 7) is 3.55. The summed E-state index contributed by atoms with van der Waals surface area (Å²) in [4.78, 5) is 50.5. The van der Waals surface area contributed by atoms with E-state index in [4.69, 9.17) is 9.84 Å². The summed E-state index contributed by atoms with van der Waals surface area (Å²) < 4.78 is 8.77. The van der Waals surface area contributed by atoms with Crippen molar-refractivity contribution in [3.63, 3.8) is 0 Å². The first kappa shape index (κ1) is 23.2. The van der Waals surface area contributed by atoms with Gasteiger partial charge in [-0.1, -0.05) is 12.1 Å². The summed E-state index contributed by atoms with van der Waals surface area (Å²) in [5.41, 5.74) is 0.995. The molecule has 1 aliphatic heterocycles. The van der Waals surface area contributed by atoms with Gasteiger partial charge in [0.1, 0.15) is 12.4 Å². The van der Waals surface area contributed by atoms with E-state index in [0.717, 1.165) is 24.4 Å². The molecule has 13 heteroatoms. The number of rotatable bonds is 8. The molecule has 0 unspecified atom stereocenters. The van der Waals surface area contributed by atoms with Crippen LogP contribution in [0.4, 0.5) is 0 Å². The van der Waals surface area contributed by atoms with Gasteiger partial charge in [0.25, 0.3) is 5.56 Å². The maximum Gasteiger partial charge on any atom is 0.338 e. The highest BCUT2D eigenvalue weighted by molar-refractivity contribution is 5.87. The van der Waals surface area contributed by atoms with E-state index in [-0.39, 0.29) is 22.9 Å². The quantitative estimate of drug-likeness (QED) is 0.351. The molecule has 1 aromatic carbocycles. The van der Waals surface area contributed by atoms with E-state index in [0.29, 0.717) is 31.9 Å². The standard InChI is InChI=1S/C23H24N8O5/c1-28-6-7-29(13-18(28)32)8-9-36-17-4-2-15(3-5-17)11-30-14-24-19-20(30)26-23(27-21(19)33)31-12-16(10-25-31)22(34)35/h2-5,10,12,14H,6-9,11,13H2,1H3,(H,34,35)(H,26,27,33). The molecule has 186 valence electrons. The number of aromatic carboxylic acids is 1. The third-order valence-corrected chi connectivity index (χ3v) is 6.00. The van der Waals surface area contributed by atoms with E-state index in [9.17, 15) is 14.4 Å². The minimum Gasteiger partial charge on any atom is -0.492 e. The lowest BCUT2D eigenvalue weighted by molar-refractivity contribution is -0.134. The Morgan fingerprint density at radius 2 is 2.00 bits per heavy atom. The topological polar surface area (TPSA) is 151 Å². The maximum absolute atomic E-state index is 12.5. The average Bonchev–Trinajstić information content (AvgIpc) is 3.51.